The molecule has 2 aromatic carbocycles. The molecule has 0 radical (unpaired) electrons. The first-order valence-corrected chi connectivity index (χ1v) is 10.3. The second-order valence-corrected chi connectivity index (χ2v) is 7.69. The first kappa shape index (κ1) is 21.2. The van der Waals surface area contributed by atoms with E-state index < -0.39 is 5.56 Å². The molecule has 0 spiro atoms. The number of benzene rings is 2. The Morgan fingerprint density at radius 2 is 1.91 bits per heavy atom. The molecule has 2 heterocycles. The van der Waals surface area contributed by atoms with Gasteiger partial charge in [0.2, 0.25) is 5.88 Å². The first-order valence-electron chi connectivity index (χ1n) is 9.94. The van der Waals surface area contributed by atoms with E-state index in [1.54, 1.807) is 24.3 Å². The smallest absolute Gasteiger partial charge is 0.261 e. The van der Waals surface area contributed by atoms with Crippen LogP contribution in [0.3, 0.4) is 0 Å². The van der Waals surface area contributed by atoms with Gasteiger partial charge in [0.15, 0.2) is 0 Å². The van der Waals surface area contributed by atoms with Gasteiger partial charge in [-0.1, -0.05) is 60.6 Å². The lowest BCUT2D eigenvalue weighted by atomic mass is 10.1. The van der Waals surface area contributed by atoms with E-state index in [1.807, 2.05) is 48.5 Å². The highest BCUT2D eigenvalue weighted by atomic mass is 35.5. The van der Waals surface area contributed by atoms with E-state index in [2.05, 4.69) is 6.58 Å². The number of aromatic hydroxyl groups is 1. The molecule has 0 saturated carbocycles. The third-order valence-electron chi connectivity index (χ3n) is 5.18. The second kappa shape index (κ2) is 9.01. The molecule has 0 saturated heterocycles. The molecule has 32 heavy (non-hydrogen) atoms. The van der Waals surface area contributed by atoms with E-state index in [0.717, 1.165) is 11.1 Å². The normalized spacial score (nSPS) is 11.4. The Morgan fingerprint density at radius 1 is 1.12 bits per heavy atom. The molecular formula is C26H19ClN2O3. The highest BCUT2D eigenvalue weighted by molar-refractivity contribution is 6.30. The van der Waals surface area contributed by atoms with Gasteiger partial charge in [-0.2, -0.15) is 5.26 Å². The highest BCUT2D eigenvalue weighted by Gasteiger charge is 2.14. The SMILES string of the molecule is C=c1c(C#N)c(O)n(CCc2ccccc2)c(=O)/c1=C\c1ccc(-c2cccc(Cl)c2)o1. The number of hydrogen-bond acceptors (Lipinski definition) is 4. The van der Waals surface area contributed by atoms with E-state index in [1.165, 1.54) is 10.6 Å². The Morgan fingerprint density at radius 3 is 2.62 bits per heavy atom. The van der Waals surface area contributed by atoms with E-state index >= 15 is 0 Å². The van der Waals surface area contributed by atoms with Crippen molar-refractivity contribution in [2.24, 2.45) is 0 Å². The quantitative estimate of drug-likeness (QED) is 0.509. The number of nitriles is 1. The van der Waals surface area contributed by atoms with Crippen LogP contribution in [0.2, 0.25) is 5.02 Å². The molecule has 158 valence electrons. The number of aryl methyl sites for hydroxylation is 1. The van der Waals surface area contributed by atoms with Gasteiger partial charge in [-0.25, -0.2) is 0 Å². The molecule has 1 N–H and O–H groups in total. The average Bonchev–Trinajstić information content (AvgIpc) is 3.26. The van der Waals surface area contributed by atoms with Crippen LogP contribution in [-0.2, 0) is 13.0 Å². The van der Waals surface area contributed by atoms with Crippen LogP contribution >= 0.6 is 11.6 Å². The predicted molar refractivity (Wildman–Crippen MR) is 125 cm³/mol. The number of furan rings is 1. The lowest BCUT2D eigenvalue weighted by Gasteiger charge is -2.10. The lowest BCUT2D eigenvalue weighted by molar-refractivity contribution is 0.402. The van der Waals surface area contributed by atoms with Gasteiger partial charge in [0.25, 0.3) is 5.56 Å². The maximum absolute atomic E-state index is 13.2. The Kier molecular flexibility index (Phi) is 5.98. The first-order chi connectivity index (χ1) is 15.5. The zero-order valence-corrected chi connectivity index (χ0v) is 17.8. The summed E-state index contributed by atoms with van der Waals surface area (Å²) in [7, 11) is 0. The minimum atomic E-state index is -0.442. The van der Waals surface area contributed by atoms with Gasteiger partial charge in [0.1, 0.15) is 23.2 Å². The summed E-state index contributed by atoms with van der Waals surface area (Å²) in [6.07, 6.45) is 2.06. The van der Waals surface area contributed by atoms with Gasteiger partial charge in [0.05, 0.1) is 5.22 Å². The molecule has 4 rings (SSSR count). The summed E-state index contributed by atoms with van der Waals surface area (Å²) in [5.74, 6) is 0.633. The molecule has 4 aromatic rings. The van der Waals surface area contributed by atoms with Crippen molar-refractivity contribution < 1.29 is 9.52 Å². The summed E-state index contributed by atoms with van der Waals surface area (Å²) in [4.78, 5) is 13.2. The molecule has 0 atom stereocenters. The summed E-state index contributed by atoms with van der Waals surface area (Å²) >= 11 is 6.06. The van der Waals surface area contributed by atoms with Gasteiger partial charge in [-0.3, -0.25) is 9.36 Å². The zero-order valence-electron chi connectivity index (χ0n) is 17.1. The Balaban J connectivity index is 1.79. The summed E-state index contributed by atoms with van der Waals surface area (Å²) in [6.45, 7) is 4.08. The van der Waals surface area contributed by atoms with Crippen LogP contribution in [0.5, 0.6) is 5.88 Å². The van der Waals surface area contributed by atoms with Crippen LogP contribution in [0, 0.1) is 11.3 Å². The summed E-state index contributed by atoms with van der Waals surface area (Å²) in [5.41, 5.74) is 1.34. The van der Waals surface area contributed by atoms with Gasteiger partial charge in [-0.15, -0.1) is 0 Å². The average molecular weight is 443 g/mol. The number of aromatic nitrogens is 1. The van der Waals surface area contributed by atoms with E-state index in [-0.39, 0.29) is 28.4 Å². The number of pyridine rings is 1. The molecule has 0 aliphatic heterocycles. The highest BCUT2D eigenvalue weighted by Crippen LogP contribution is 2.25. The van der Waals surface area contributed by atoms with Crippen molar-refractivity contribution in [2.75, 3.05) is 0 Å². The molecule has 0 aliphatic rings. The van der Waals surface area contributed by atoms with E-state index in [9.17, 15) is 15.2 Å². The van der Waals surface area contributed by atoms with Crippen LogP contribution in [0.4, 0.5) is 0 Å². The largest absolute Gasteiger partial charge is 0.493 e. The maximum atomic E-state index is 13.2. The monoisotopic (exact) mass is 442 g/mol. The molecule has 0 bridgehead atoms. The molecule has 2 aromatic heterocycles. The maximum Gasteiger partial charge on any atom is 0.261 e. The standard InChI is InChI=1S/C26H19ClN2O3/c1-17-22(15-21-10-11-24(32-21)19-8-5-9-20(27)14-19)25(30)29(26(31)23(17)16-28)13-12-18-6-3-2-4-7-18/h2-11,14-15,31H,1,12-13H2/b22-15-. The van der Waals surface area contributed by atoms with Crippen molar-refractivity contribution >= 4 is 24.3 Å². The number of hydrogen-bond donors (Lipinski definition) is 1. The van der Waals surface area contributed by atoms with Gasteiger partial charge < -0.3 is 9.52 Å². The fourth-order valence-electron chi connectivity index (χ4n) is 3.50. The van der Waals surface area contributed by atoms with Crippen LogP contribution < -0.4 is 16.0 Å². The van der Waals surface area contributed by atoms with Crippen molar-refractivity contribution in [1.82, 2.24) is 4.57 Å². The predicted octanol–water partition coefficient (Wildman–Crippen LogP) is 3.82. The van der Waals surface area contributed by atoms with E-state index in [4.69, 9.17) is 16.0 Å². The second-order valence-electron chi connectivity index (χ2n) is 7.25. The molecule has 0 unspecified atom stereocenters. The van der Waals surface area contributed by atoms with Crippen LogP contribution in [0.15, 0.2) is 75.9 Å². The molecular weight excluding hydrogens is 424 g/mol. The Hall–Kier alpha value is -4.01. The van der Waals surface area contributed by atoms with Crippen LogP contribution in [0.1, 0.15) is 16.9 Å². The van der Waals surface area contributed by atoms with Gasteiger partial charge in [-0.05, 0) is 42.3 Å². The Bertz CT molecular complexity index is 1500. The van der Waals surface area contributed by atoms with Crippen LogP contribution in [0.25, 0.3) is 24.0 Å². The Labute approximate surface area is 189 Å². The summed E-state index contributed by atoms with van der Waals surface area (Å²) in [5, 5.41) is 21.0. The van der Waals surface area contributed by atoms with Gasteiger partial charge in [0, 0.05) is 22.3 Å². The topological polar surface area (TPSA) is 79.2 Å². The third-order valence-corrected chi connectivity index (χ3v) is 5.42. The number of rotatable bonds is 5. The third kappa shape index (κ3) is 4.22. The van der Waals surface area contributed by atoms with Crippen molar-refractivity contribution in [3.8, 4) is 23.3 Å². The summed E-state index contributed by atoms with van der Waals surface area (Å²) < 4.78 is 7.08. The zero-order chi connectivity index (χ0) is 22.7. The van der Waals surface area contributed by atoms with Crippen molar-refractivity contribution in [2.45, 2.75) is 13.0 Å². The van der Waals surface area contributed by atoms with Crippen molar-refractivity contribution in [3.05, 3.63) is 109 Å². The minimum Gasteiger partial charge on any atom is -0.493 e. The molecule has 6 heteroatoms. The summed E-state index contributed by atoms with van der Waals surface area (Å²) in [6, 6.07) is 22.3. The fourth-order valence-corrected chi connectivity index (χ4v) is 3.69. The fraction of sp³-hybridized carbons (Fsp3) is 0.0769. The lowest BCUT2D eigenvalue weighted by Crippen LogP contribution is -2.46. The molecule has 0 aliphatic carbocycles. The van der Waals surface area contributed by atoms with Crippen molar-refractivity contribution in [1.29, 1.82) is 5.26 Å². The van der Waals surface area contributed by atoms with Gasteiger partial charge >= 0.3 is 0 Å². The minimum absolute atomic E-state index is 0.0365. The van der Waals surface area contributed by atoms with Crippen LogP contribution in [-0.4, -0.2) is 9.67 Å². The van der Waals surface area contributed by atoms with Crippen molar-refractivity contribution in [3.63, 3.8) is 0 Å². The molecule has 0 amide bonds. The van der Waals surface area contributed by atoms with E-state index in [0.29, 0.717) is 23.0 Å². The number of halogens is 1. The number of nitrogens with zero attached hydrogens (tertiary/aromatic N) is 2. The molecule has 0 fully saturated rings. The molecule has 5 nitrogen and oxygen atoms in total.